The number of para-hydroxylation sites is 2. The standard InChI is InChI=1S/C28H31F3N4O3S/c29-28(30,31)39-35(21-6-2-1-3-7-21)27(38)34-16-12-20(13-17-34)25(26(36)37)33-14-10-19(11-15-33)23-18-32-24-9-5-4-8-22(23)24/h1-9,18-20,25,32H,10-17H2,(H,36,37). The molecule has 0 spiro atoms. The molecule has 1 unspecified atom stereocenters. The molecule has 2 aliphatic rings. The van der Waals surface area contributed by atoms with Crippen LogP contribution < -0.4 is 4.31 Å². The molecule has 2 amide bonds. The fraction of sp³-hybridized carbons (Fsp3) is 0.429. The van der Waals surface area contributed by atoms with Gasteiger partial charge >= 0.3 is 17.5 Å². The summed E-state index contributed by atoms with van der Waals surface area (Å²) in [4.78, 5) is 32.3. The summed E-state index contributed by atoms with van der Waals surface area (Å²) in [5.41, 5.74) is -2.12. The second-order valence-electron chi connectivity index (χ2n) is 10.2. The molecule has 1 atom stereocenters. The summed E-state index contributed by atoms with van der Waals surface area (Å²) in [5, 5.41) is 11.3. The predicted molar refractivity (Wildman–Crippen MR) is 146 cm³/mol. The number of rotatable bonds is 6. The van der Waals surface area contributed by atoms with Crippen LogP contribution in [0.3, 0.4) is 0 Å². The Morgan fingerprint density at radius 1 is 0.949 bits per heavy atom. The molecule has 2 fully saturated rings. The van der Waals surface area contributed by atoms with Crippen molar-refractivity contribution >= 4 is 40.5 Å². The summed E-state index contributed by atoms with van der Waals surface area (Å²) in [7, 11) is 0. The second kappa shape index (κ2) is 11.5. The molecule has 5 rings (SSSR count). The first-order valence-corrected chi connectivity index (χ1v) is 13.9. The van der Waals surface area contributed by atoms with Crippen LogP contribution in [0.15, 0.2) is 60.8 Å². The Hall–Kier alpha value is -3.18. The van der Waals surface area contributed by atoms with Gasteiger partial charge in [0.15, 0.2) is 0 Å². The van der Waals surface area contributed by atoms with E-state index < -0.39 is 35.5 Å². The molecule has 0 saturated carbocycles. The molecule has 2 aromatic carbocycles. The molecule has 0 radical (unpaired) electrons. The van der Waals surface area contributed by atoms with Gasteiger partial charge in [0.1, 0.15) is 6.04 Å². The zero-order valence-electron chi connectivity index (χ0n) is 21.3. The van der Waals surface area contributed by atoms with Gasteiger partial charge in [0.05, 0.1) is 17.6 Å². The zero-order chi connectivity index (χ0) is 27.6. The fourth-order valence-corrected chi connectivity index (χ4v) is 6.61. The largest absolute Gasteiger partial charge is 0.480 e. The number of nitrogens with zero attached hydrogens (tertiary/aromatic N) is 3. The molecule has 1 aromatic heterocycles. The van der Waals surface area contributed by atoms with Crippen LogP contribution in [0.4, 0.5) is 23.7 Å². The SMILES string of the molecule is O=C(O)C(C1CCN(C(=O)N(SC(F)(F)F)c2ccccc2)CC1)N1CCC(c2c[nH]c3ccccc23)CC1. The Labute approximate surface area is 229 Å². The molecule has 39 heavy (non-hydrogen) atoms. The van der Waals surface area contributed by atoms with Gasteiger partial charge in [-0.05, 0) is 74.4 Å². The van der Waals surface area contributed by atoms with Crippen molar-refractivity contribution in [1.29, 1.82) is 0 Å². The molecule has 3 aromatic rings. The highest BCUT2D eigenvalue weighted by Crippen LogP contribution is 2.39. The van der Waals surface area contributed by atoms with E-state index >= 15 is 0 Å². The first kappa shape index (κ1) is 27.4. The van der Waals surface area contributed by atoms with Crippen molar-refractivity contribution in [3.8, 4) is 0 Å². The number of carboxylic acids is 1. The number of hydrogen-bond acceptors (Lipinski definition) is 4. The molecular formula is C28H31F3N4O3S. The molecule has 2 aliphatic heterocycles. The second-order valence-corrected chi connectivity index (χ2v) is 11.2. The minimum atomic E-state index is -4.63. The molecule has 2 N–H and O–H groups in total. The van der Waals surface area contributed by atoms with Crippen LogP contribution in [0, 0.1) is 5.92 Å². The number of piperidine rings is 2. The molecule has 7 nitrogen and oxygen atoms in total. The van der Waals surface area contributed by atoms with Crippen molar-refractivity contribution < 1.29 is 27.9 Å². The molecule has 208 valence electrons. The van der Waals surface area contributed by atoms with Crippen LogP contribution in [0.1, 0.15) is 37.2 Å². The Bertz CT molecular complexity index is 1290. The highest BCUT2D eigenvalue weighted by Gasteiger charge is 2.41. The van der Waals surface area contributed by atoms with E-state index in [1.807, 2.05) is 23.1 Å². The third-order valence-electron chi connectivity index (χ3n) is 7.85. The van der Waals surface area contributed by atoms with Crippen molar-refractivity contribution in [3.63, 3.8) is 0 Å². The number of aromatic amines is 1. The average Bonchev–Trinajstić information content (AvgIpc) is 3.36. The number of amides is 2. The molecule has 2 saturated heterocycles. The number of likely N-dealkylation sites (tertiary alicyclic amines) is 2. The molecule has 3 heterocycles. The number of alkyl halides is 3. The van der Waals surface area contributed by atoms with Crippen LogP contribution in [0.25, 0.3) is 10.9 Å². The van der Waals surface area contributed by atoms with Crippen LogP contribution >= 0.6 is 11.9 Å². The van der Waals surface area contributed by atoms with E-state index in [1.165, 1.54) is 28.0 Å². The Morgan fingerprint density at radius 2 is 1.59 bits per heavy atom. The number of carboxylic acid groups (broad SMARTS) is 1. The van der Waals surface area contributed by atoms with E-state index in [2.05, 4.69) is 17.2 Å². The summed E-state index contributed by atoms with van der Waals surface area (Å²) < 4.78 is 40.4. The number of aliphatic carboxylic acids is 1. The summed E-state index contributed by atoms with van der Waals surface area (Å²) in [6.07, 6.45) is 4.60. The van der Waals surface area contributed by atoms with Gasteiger partial charge < -0.3 is 15.0 Å². The van der Waals surface area contributed by atoms with Crippen LogP contribution in [0.5, 0.6) is 0 Å². The summed E-state index contributed by atoms with van der Waals surface area (Å²) in [5.74, 6) is -0.720. The maximum absolute atomic E-state index is 13.3. The number of hydrogen-bond donors (Lipinski definition) is 2. The third-order valence-corrected chi connectivity index (χ3v) is 8.61. The Morgan fingerprint density at radius 3 is 2.23 bits per heavy atom. The molecule has 11 heteroatoms. The number of H-pyrrole nitrogens is 1. The van der Waals surface area contributed by atoms with Gasteiger partial charge in [-0.15, -0.1) is 0 Å². The maximum Gasteiger partial charge on any atom is 0.462 e. The lowest BCUT2D eigenvalue weighted by molar-refractivity contribution is -0.147. The van der Waals surface area contributed by atoms with Gasteiger partial charge in [-0.3, -0.25) is 9.69 Å². The maximum atomic E-state index is 13.3. The van der Waals surface area contributed by atoms with Gasteiger partial charge in [-0.2, -0.15) is 13.2 Å². The number of nitrogens with one attached hydrogen (secondary N) is 1. The fourth-order valence-electron chi connectivity index (χ4n) is 5.98. The number of anilines is 1. The van der Waals surface area contributed by atoms with Crippen molar-refractivity contribution in [1.82, 2.24) is 14.8 Å². The summed E-state index contributed by atoms with van der Waals surface area (Å²) in [6, 6.07) is 14.5. The van der Waals surface area contributed by atoms with Crippen molar-refractivity contribution in [2.45, 2.75) is 43.2 Å². The highest BCUT2D eigenvalue weighted by molar-refractivity contribution is 8.02. The first-order valence-electron chi connectivity index (χ1n) is 13.1. The monoisotopic (exact) mass is 560 g/mol. The smallest absolute Gasteiger partial charge is 0.462 e. The van der Waals surface area contributed by atoms with Gasteiger partial charge in [0.25, 0.3) is 0 Å². The van der Waals surface area contributed by atoms with E-state index in [4.69, 9.17) is 0 Å². The molecular weight excluding hydrogens is 529 g/mol. The lowest BCUT2D eigenvalue weighted by atomic mass is 9.84. The highest BCUT2D eigenvalue weighted by atomic mass is 32.2. The van der Waals surface area contributed by atoms with Crippen LogP contribution in [-0.4, -0.2) is 69.6 Å². The number of fused-ring (bicyclic) bond motifs is 1. The van der Waals surface area contributed by atoms with Gasteiger partial charge in [-0.1, -0.05) is 36.4 Å². The molecule has 0 bridgehead atoms. The Balaban J connectivity index is 1.21. The number of carbonyl (C=O) groups is 2. The van der Waals surface area contributed by atoms with Gasteiger partial charge in [0, 0.05) is 30.2 Å². The number of carbonyl (C=O) groups excluding carboxylic acids is 1. The lowest BCUT2D eigenvalue weighted by Crippen LogP contribution is -2.53. The van der Waals surface area contributed by atoms with Crippen LogP contribution in [0.2, 0.25) is 0 Å². The minimum Gasteiger partial charge on any atom is -0.480 e. The number of aromatic nitrogens is 1. The van der Waals surface area contributed by atoms with E-state index in [1.54, 1.807) is 18.2 Å². The van der Waals surface area contributed by atoms with Crippen molar-refractivity contribution in [2.75, 3.05) is 30.5 Å². The van der Waals surface area contributed by atoms with Crippen molar-refractivity contribution in [3.05, 3.63) is 66.4 Å². The van der Waals surface area contributed by atoms with E-state index in [0.29, 0.717) is 36.2 Å². The zero-order valence-corrected chi connectivity index (χ0v) is 22.1. The summed E-state index contributed by atoms with van der Waals surface area (Å²) in [6.45, 7) is 1.73. The van der Waals surface area contributed by atoms with Gasteiger partial charge in [-0.25, -0.2) is 9.10 Å². The number of benzene rings is 2. The average molecular weight is 561 g/mol. The van der Waals surface area contributed by atoms with E-state index in [0.717, 1.165) is 18.4 Å². The Kier molecular flexibility index (Phi) is 8.08. The van der Waals surface area contributed by atoms with Crippen molar-refractivity contribution in [2.24, 2.45) is 5.92 Å². The first-order chi connectivity index (χ1) is 18.7. The quantitative estimate of drug-likeness (QED) is 0.346. The third kappa shape index (κ3) is 6.19. The lowest BCUT2D eigenvalue weighted by Gasteiger charge is -2.42. The topological polar surface area (TPSA) is 79.9 Å². The normalized spacial score (nSPS) is 18.8. The van der Waals surface area contributed by atoms with E-state index in [9.17, 15) is 27.9 Å². The van der Waals surface area contributed by atoms with E-state index in [-0.39, 0.29) is 24.7 Å². The summed E-state index contributed by atoms with van der Waals surface area (Å²) >= 11 is -0.471. The number of urea groups is 1. The predicted octanol–water partition coefficient (Wildman–Crippen LogP) is 6.31. The molecule has 0 aliphatic carbocycles. The van der Waals surface area contributed by atoms with Gasteiger partial charge in [0.2, 0.25) is 0 Å². The number of halogens is 3. The minimum absolute atomic E-state index is 0.147. The van der Waals surface area contributed by atoms with Crippen LogP contribution in [-0.2, 0) is 4.79 Å².